The molecule has 0 aliphatic heterocycles. The van der Waals surface area contributed by atoms with Gasteiger partial charge >= 0.3 is 5.97 Å². The van der Waals surface area contributed by atoms with Crippen LogP contribution in [0.5, 0.6) is 0 Å². The van der Waals surface area contributed by atoms with Gasteiger partial charge in [0.25, 0.3) is 0 Å². The molecule has 0 aliphatic carbocycles. The fraction of sp³-hybridized carbons (Fsp3) is 0.333. The maximum Gasteiger partial charge on any atom is 0.359 e. The summed E-state index contributed by atoms with van der Waals surface area (Å²) >= 11 is 0. The number of H-pyrrole nitrogens is 1. The lowest BCUT2D eigenvalue weighted by Gasteiger charge is -2.04. The molecule has 0 bridgehead atoms. The minimum absolute atomic E-state index is 0.352. The van der Waals surface area contributed by atoms with Gasteiger partial charge in [0.05, 0.1) is 6.61 Å². The van der Waals surface area contributed by atoms with E-state index < -0.39 is 0 Å². The molecule has 0 fully saturated rings. The Morgan fingerprint density at radius 1 is 1.26 bits per heavy atom. The maximum atomic E-state index is 11.8. The van der Waals surface area contributed by atoms with Crippen molar-refractivity contribution in [1.29, 1.82) is 0 Å². The third-order valence-corrected chi connectivity index (χ3v) is 3.05. The van der Waals surface area contributed by atoms with Gasteiger partial charge in [-0.2, -0.15) is 5.10 Å². The highest BCUT2D eigenvalue weighted by Gasteiger charge is 2.18. The van der Waals surface area contributed by atoms with E-state index in [1.807, 2.05) is 25.1 Å². The summed E-state index contributed by atoms with van der Waals surface area (Å²) in [5.74, 6) is -0.352. The summed E-state index contributed by atoms with van der Waals surface area (Å²) < 4.78 is 5.01. The second-order valence-electron chi connectivity index (χ2n) is 4.38. The van der Waals surface area contributed by atoms with Crippen LogP contribution in [0.3, 0.4) is 0 Å². The van der Waals surface area contributed by atoms with E-state index in [0.29, 0.717) is 12.3 Å². The van der Waals surface area contributed by atoms with Crippen LogP contribution < -0.4 is 0 Å². The van der Waals surface area contributed by atoms with Gasteiger partial charge in [0.2, 0.25) is 0 Å². The molecule has 2 rings (SSSR count). The van der Waals surface area contributed by atoms with E-state index in [2.05, 4.69) is 22.3 Å². The van der Waals surface area contributed by atoms with E-state index in [0.717, 1.165) is 24.1 Å². The van der Waals surface area contributed by atoms with Crippen molar-refractivity contribution in [3.63, 3.8) is 0 Å². The molecule has 1 heterocycles. The number of carbonyl (C=O) groups excluding carboxylic acids is 1. The van der Waals surface area contributed by atoms with Crippen molar-refractivity contribution in [2.45, 2.75) is 26.7 Å². The fourth-order valence-electron chi connectivity index (χ4n) is 2.04. The molecular formula is C15H18N2O2. The molecule has 100 valence electrons. The molecule has 0 unspecified atom stereocenters. The van der Waals surface area contributed by atoms with E-state index >= 15 is 0 Å². The Morgan fingerprint density at radius 2 is 2.00 bits per heavy atom. The van der Waals surface area contributed by atoms with Gasteiger partial charge in [-0.05, 0) is 32.3 Å². The van der Waals surface area contributed by atoms with E-state index in [1.165, 1.54) is 5.56 Å². The predicted octanol–water partition coefficient (Wildman–Crippen LogP) is 2.68. The monoisotopic (exact) mass is 258 g/mol. The lowest BCUT2D eigenvalue weighted by molar-refractivity contribution is 0.0518. The van der Waals surface area contributed by atoms with E-state index in [4.69, 9.17) is 4.74 Å². The summed E-state index contributed by atoms with van der Waals surface area (Å²) in [4.78, 5) is 11.8. The molecule has 2 aromatic rings. The Labute approximate surface area is 112 Å². The van der Waals surface area contributed by atoms with Crippen LogP contribution in [0.4, 0.5) is 0 Å². The van der Waals surface area contributed by atoms with E-state index in [1.54, 1.807) is 6.92 Å². The molecule has 19 heavy (non-hydrogen) atoms. The van der Waals surface area contributed by atoms with Crippen LogP contribution in [0, 0.1) is 6.92 Å². The van der Waals surface area contributed by atoms with Crippen LogP contribution in [0.15, 0.2) is 30.3 Å². The van der Waals surface area contributed by atoms with Crippen molar-refractivity contribution >= 4 is 5.97 Å². The average Bonchev–Trinajstić information content (AvgIpc) is 2.79. The average molecular weight is 258 g/mol. The van der Waals surface area contributed by atoms with Crippen LogP contribution in [0.25, 0.3) is 0 Å². The van der Waals surface area contributed by atoms with Crippen molar-refractivity contribution < 1.29 is 9.53 Å². The number of aromatic amines is 1. The van der Waals surface area contributed by atoms with E-state index in [9.17, 15) is 4.79 Å². The summed E-state index contributed by atoms with van der Waals surface area (Å²) in [5.41, 5.74) is 3.54. The molecule has 0 radical (unpaired) electrons. The summed E-state index contributed by atoms with van der Waals surface area (Å²) in [6, 6.07) is 10.2. The number of rotatable bonds is 5. The Morgan fingerprint density at radius 3 is 2.68 bits per heavy atom. The van der Waals surface area contributed by atoms with Crippen molar-refractivity contribution in [3.8, 4) is 0 Å². The molecule has 0 saturated heterocycles. The Kier molecular flexibility index (Phi) is 4.34. The second kappa shape index (κ2) is 6.18. The molecule has 1 aromatic heterocycles. The number of ether oxygens (including phenoxy) is 1. The molecular weight excluding hydrogens is 240 g/mol. The number of benzene rings is 1. The van der Waals surface area contributed by atoms with Gasteiger partial charge in [0.15, 0.2) is 5.69 Å². The standard InChI is InChI=1S/C15H18N2O2/c1-3-19-15(18)14-13(11(2)16-17-14)10-9-12-7-5-4-6-8-12/h4-8H,3,9-10H2,1-2H3,(H,16,17). The zero-order valence-electron chi connectivity index (χ0n) is 11.3. The van der Waals surface area contributed by atoms with Gasteiger partial charge in [-0.15, -0.1) is 0 Å². The van der Waals surface area contributed by atoms with Crippen molar-refractivity contribution in [2.75, 3.05) is 6.61 Å². The first-order chi connectivity index (χ1) is 9.22. The maximum absolute atomic E-state index is 11.8. The summed E-state index contributed by atoms with van der Waals surface area (Å²) in [7, 11) is 0. The number of hydrogen-bond donors (Lipinski definition) is 1. The van der Waals surface area contributed by atoms with Crippen molar-refractivity contribution in [1.82, 2.24) is 10.2 Å². The summed E-state index contributed by atoms with van der Waals surface area (Å²) in [6.45, 7) is 4.08. The molecule has 1 N–H and O–H groups in total. The number of esters is 1. The topological polar surface area (TPSA) is 55.0 Å². The number of aryl methyl sites for hydroxylation is 2. The Hall–Kier alpha value is -2.10. The molecule has 0 saturated carbocycles. The number of carbonyl (C=O) groups is 1. The van der Waals surface area contributed by atoms with Crippen LogP contribution in [-0.4, -0.2) is 22.8 Å². The summed E-state index contributed by atoms with van der Waals surface area (Å²) in [6.07, 6.45) is 1.66. The van der Waals surface area contributed by atoms with Gasteiger partial charge < -0.3 is 4.74 Å². The van der Waals surface area contributed by atoms with Gasteiger partial charge in [-0.25, -0.2) is 4.79 Å². The zero-order valence-corrected chi connectivity index (χ0v) is 11.3. The van der Waals surface area contributed by atoms with Crippen molar-refractivity contribution in [2.24, 2.45) is 0 Å². The zero-order chi connectivity index (χ0) is 13.7. The molecule has 0 aliphatic rings. The largest absolute Gasteiger partial charge is 0.461 e. The molecule has 0 spiro atoms. The minimum atomic E-state index is -0.352. The third kappa shape index (κ3) is 3.22. The van der Waals surface area contributed by atoms with Gasteiger partial charge in [-0.3, -0.25) is 5.10 Å². The second-order valence-corrected chi connectivity index (χ2v) is 4.38. The Bertz CT molecular complexity index is 547. The van der Waals surface area contributed by atoms with E-state index in [-0.39, 0.29) is 5.97 Å². The fourth-order valence-corrected chi connectivity index (χ4v) is 2.04. The first kappa shape index (κ1) is 13.3. The molecule has 1 aromatic carbocycles. The lowest BCUT2D eigenvalue weighted by atomic mass is 10.0. The summed E-state index contributed by atoms with van der Waals surface area (Å²) in [5, 5.41) is 6.91. The number of nitrogens with zero attached hydrogens (tertiary/aromatic N) is 1. The highest BCUT2D eigenvalue weighted by atomic mass is 16.5. The van der Waals surface area contributed by atoms with Gasteiger partial charge in [0.1, 0.15) is 0 Å². The first-order valence-electron chi connectivity index (χ1n) is 6.47. The number of hydrogen-bond acceptors (Lipinski definition) is 3. The minimum Gasteiger partial charge on any atom is -0.461 e. The Balaban J connectivity index is 2.11. The third-order valence-electron chi connectivity index (χ3n) is 3.05. The smallest absolute Gasteiger partial charge is 0.359 e. The quantitative estimate of drug-likeness (QED) is 0.839. The lowest BCUT2D eigenvalue weighted by Crippen LogP contribution is -2.08. The molecule has 0 atom stereocenters. The van der Waals surface area contributed by atoms with Crippen molar-refractivity contribution in [3.05, 3.63) is 52.8 Å². The highest BCUT2D eigenvalue weighted by molar-refractivity contribution is 5.89. The molecule has 4 nitrogen and oxygen atoms in total. The first-order valence-corrected chi connectivity index (χ1v) is 6.47. The molecule has 0 amide bonds. The van der Waals surface area contributed by atoms with Crippen LogP contribution >= 0.6 is 0 Å². The SMILES string of the molecule is CCOC(=O)c1n[nH]c(C)c1CCc1ccccc1. The van der Waals surface area contributed by atoms with Crippen LogP contribution in [-0.2, 0) is 17.6 Å². The van der Waals surface area contributed by atoms with Crippen LogP contribution in [0.1, 0.15) is 34.2 Å². The van der Waals surface area contributed by atoms with Gasteiger partial charge in [0, 0.05) is 11.3 Å². The number of aromatic nitrogens is 2. The normalized spacial score (nSPS) is 10.4. The van der Waals surface area contributed by atoms with Gasteiger partial charge in [-0.1, -0.05) is 30.3 Å². The van der Waals surface area contributed by atoms with Crippen LogP contribution in [0.2, 0.25) is 0 Å². The number of nitrogens with one attached hydrogen (secondary N) is 1. The molecule has 4 heteroatoms. The highest BCUT2D eigenvalue weighted by Crippen LogP contribution is 2.15. The predicted molar refractivity (Wildman–Crippen MR) is 73.1 cm³/mol.